The van der Waals surface area contributed by atoms with Gasteiger partial charge < -0.3 is 14.8 Å². The van der Waals surface area contributed by atoms with Crippen LogP contribution in [-0.4, -0.2) is 60.4 Å². The van der Waals surface area contributed by atoms with Gasteiger partial charge in [0.1, 0.15) is 6.04 Å². The van der Waals surface area contributed by atoms with Crippen LogP contribution >= 0.6 is 0 Å². The fourth-order valence-corrected chi connectivity index (χ4v) is 2.67. The Balaban J connectivity index is 1.77. The van der Waals surface area contributed by atoms with Crippen molar-refractivity contribution in [1.82, 2.24) is 10.2 Å². The fraction of sp³-hybridized carbons (Fsp3) is 0.421. The predicted octanol–water partition coefficient (Wildman–Crippen LogP) is 0.674. The van der Waals surface area contributed by atoms with E-state index >= 15 is 0 Å². The molecule has 1 aromatic carbocycles. The molecule has 28 heavy (non-hydrogen) atoms. The summed E-state index contributed by atoms with van der Waals surface area (Å²) >= 11 is 0. The quantitative estimate of drug-likeness (QED) is 0.374. The van der Waals surface area contributed by atoms with Crippen LogP contribution in [0.25, 0.3) is 0 Å². The van der Waals surface area contributed by atoms with Crippen molar-refractivity contribution in [1.29, 1.82) is 0 Å². The lowest BCUT2D eigenvalue weighted by Crippen LogP contribution is -2.44. The molecule has 0 fully saturated rings. The average Bonchev–Trinajstić information content (AvgIpc) is 2.94. The molecule has 1 aliphatic rings. The highest BCUT2D eigenvalue weighted by Crippen LogP contribution is 2.24. The highest BCUT2D eigenvalue weighted by molar-refractivity contribution is 6.22. The summed E-state index contributed by atoms with van der Waals surface area (Å²) in [5.41, 5.74) is 0.456. The summed E-state index contributed by atoms with van der Waals surface area (Å²) < 4.78 is 9.66. The Hall–Kier alpha value is -3.23. The highest BCUT2D eigenvalue weighted by atomic mass is 16.5. The maximum absolute atomic E-state index is 12.3. The Kier molecular flexibility index (Phi) is 7.25. The van der Waals surface area contributed by atoms with Crippen molar-refractivity contribution in [3.8, 4) is 0 Å². The third-order valence-corrected chi connectivity index (χ3v) is 4.08. The molecule has 150 valence electrons. The molecular weight excluding hydrogens is 368 g/mol. The fourth-order valence-electron chi connectivity index (χ4n) is 2.67. The normalized spacial score (nSPS) is 13.7. The number of hydrogen-bond acceptors (Lipinski definition) is 7. The molecule has 1 aliphatic heterocycles. The van der Waals surface area contributed by atoms with Crippen molar-refractivity contribution in [3.63, 3.8) is 0 Å². The lowest BCUT2D eigenvalue weighted by Gasteiger charge is -2.20. The zero-order valence-electron chi connectivity index (χ0n) is 15.7. The van der Waals surface area contributed by atoms with Crippen LogP contribution in [0, 0.1) is 0 Å². The van der Waals surface area contributed by atoms with Gasteiger partial charge in [0.25, 0.3) is 17.7 Å². The van der Waals surface area contributed by atoms with Gasteiger partial charge in [-0.15, -0.1) is 0 Å². The summed E-state index contributed by atoms with van der Waals surface area (Å²) in [5, 5.41) is 2.50. The van der Waals surface area contributed by atoms with Gasteiger partial charge in [0.15, 0.2) is 6.61 Å². The Morgan fingerprint density at radius 2 is 1.68 bits per heavy atom. The van der Waals surface area contributed by atoms with E-state index in [0.717, 1.165) is 4.90 Å². The van der Waals surface area contributed by atoms with E-state index in [-0.39, 0.29) is 30.1 Å². The largest absolute Gasteiger partial charge is 0.466 e. The molecule has 0 bridgehead atoms. The summed E-state index contributed by atoms with van der Waals surface area (Å²) in [6, 6.07) is 5.12. The van der Waals surface area contributed by atoms with Crippen LogP contribution in [0.4, 0.5) is 0 Å². The van der Waals surface area contributed by atoms with Gasteiger partial charge in [0.2, 0.25) is 0 Å². The molecule has 9 nitrogen and oxygen atoms in total. The number of carbonyl (C=O) groups excluding carboxylic acids is 5. The molecule has 1 N–H and O–H groups in total. The SMILES string of the molecule is CCOC(=O)CCCNC(=O)COC(=O)[C@@H](C)N1C(=O)c2ccccc2C1=O. The van der Waals surface area contributed by atoms with E-state index in [1.165, 1.54) is 19.1 Å². The number of nitrogens with zero attached hydrogens (tertiary/aromatic N) is 1. The van der Waals surface area contributed by atoms with Crippen LogP contribution in [0.1, 0.15) is 47.4 Å². The minimum Gasteiger partial charge on any atom is -0.466 e. The van der Waals surface area contributed by atoms with Gasteiger partial charge in [0, 0.05) is 13.0 Å². The summed E-state index contributed by atoms with van der Waals surface area (Å²) in [6.07, 6.45) is 0.564. The number of imide groups is 1. The Morgan fingerprint density at radius 3 is 2.25 bits per heavy atom. The number of nitrogens with one attached hydrogen (secondary N) is 1. The number of fused-ring (bicyclic) bond motifs is 1. The summed E-state index contributed by atoms with van der Waals surface area (Å²) in [7, 11) is 0. The molecule has 0 aromatic heterocycles. The average molecular weight is 390 g/mol. The second kappa shape index (κ2) is 9.63. The molecule has 1 aromatic rings. The molecule has 0 saturated heterocycles. The van der Waals surface area contributed by atoms with E-state index in [4.69, 9.17) is 9.47 Å². The first-order chi connectivity index (χ1) is 13.4. The molecule has 0 saturated carbocycles. The third kappa shape index (κ3) is 4.93. The van der Waals surface area contributed by atoms with Gasteiger partial charge in [0.05, 0.1) is 17.7 Å². The molecule has 0 unspecified atom stereocenters. The number of amides is 3. The Labute approximate surface area is 162 Å². The van der Waals surface area contributed by atoms with Crippen molar-refractivity contribution in [2.24, 2.45) is 0 Å². The summed E-state index contributed by atoms with van der Waals surface area (Å²) in [6.45, 7) is 3.04. The monoisotopic (exact) mass is 390 g/mol. The maximum atomic E-state index is 12.3. The van der Waals surface area contributed by atoms with Crippen molar-refractivity contribution in [2.45, 2.75) is 32.7 Å². The molecular formula is C19H22N2O7. The van der Waals surface area contributed by atoms with E-state index in [9.17, 15) is 24.0 Å². The van der Waals surface area contributed by atoms with Crippen molar-refractivity contribution >= 4 is 29.7 Å². The highest BCUT2D eigenvalue weighted by Gasteiger charge is 2.41. The molecule has 2 rings (SSSR count). The first kappa shape index (κ1) is 21.1. The lowest BCUT2D eigenvalue weighted by molar-refractivity contribution is -0.151. The summed E-state index contributed by atoms with van der Waals surface area (Å²) in [4.78, 5) is 60.6. The van der Waals surface area contributed by atoms with Crippen LogP contribution in [0.15, 0.2) is 24.3 Å². The van der Waals surface area contributed by atoms with Gasteiger partial charge in [-0.05, 0) is 32.4 Å². The minimum absolute atomic E-state index is 0.171. The number of benzene rings is 1. The number of ether oxygens (including phenoxy) is 2. The smallest absolute Gasteiger partial charge is 0.329 e. The van der Waals surface area contributed by atoms with Gasteiger partial charge in [-0.25, -0.2) is 4.79 Å². The molecule has 0 aliphatic carbocycles. The standard InChI is InChI=1S/C19H22N2O7/c1-3-27-16(23)9-6-10-20-15(22)11-28-19(26)12(2)21-17(24)13-7-4-5-8-14(13)18(21)25/h4-5,7-8,12H,3,6,9-11H2,1-2H3,(H,20,22)/t12-/m1/s1. The number of hydrogen-bond donors (Lipinski definition) is 1. The second-order valence-corrected chi connectivity index (χ2v) is 6.07. The van der Waals surface area contributed by atoms with E-state index in [0.29, 0.717) is 13.0 Å². The van der Waals surface area contributed by atoms with Crippen LogP contribution in [-0.2, 0) is 23.9 Å². The summed E-state index contributed by atoms with van der Waals surface area (Å²) in [5.74, 6) is -2.91. The maximum Gasteiger partial charge on any atom is 0.329 e. The number of rotatable bonds is 9. The zero-order chi connectivity index (χ0) is 20.7. The van der Waals surface area contributed by atoms with Gasteiger partial charge in [-0.2, -0.15) is 0 Å². The lowest BCUT2D eigenvalue weighted by atomic mass is 10.1. The van der Waals surface area contributed by atoms with Crippen LogP contribution in [0.5, 0.6) is 0 Å². The number of carbonyl (C=O) groups is 5. The van der Waals surface area contributed by atoms with Crippen molar-refractivity contribution in [3.05, 3.63) is 35.4 Å². The third-order valence-electron chi connectivity index (χ3n) is 4.08. The molecule has 9 heteroatoms. The topological polar surface area (TPSA) is 119 Å². The first-order valence-corrected chi connectivity index (χ1v) is 8.92. The van der Waals surface area contributed by atoms with Crippen LogP contribution in [0.3, 0.4) is 0 Å². The van der Waals surface area contributed by atoms with Gasteiger partial charge >= 0.3 is 11.9 Å². The molecule has 3 amide bonds. The van der Waals surface area contributed by atoms with Crippen molar-refractivity contribution in [2.75, 3.05) is 19.8 Å². The number of esters is 2. The predicted molar refractivity (Wildman–Crippen MR) is 96.2 cm³/mol. The van der Waals surface area contributed by atoms with Gasteiger partial charge in [-0.1, -0.05) is 12.1 Å². The van der Waals surface area contributed by atoms with E-state index in [1.807, 2.05) is 0 Å². The zero-order valence-corrected chi connectivity index (χ0v) is 15.7. The Bertz CT molecular complexity index is 755. The van der Waals surface area contributed by atoms with Crippen LogP contribution < -0.4 is 5.32 Å². The molecule has 0 spiro atoms. The van der Waals surface area contributed by atoms with E-state index in [1.54, 1.807) is 19.1 Å². The van der Waals surface area contributed by atoms with E-state index in [2.05, 4.69) is 5.32 Å². The van der Waals surface area contributed by atoms with Gasteiger partial charge in [-0.3, -0.25) is 24.1 Å². The second-order valence-electron chi connectivity index (χ2n) is 6.07. The molecule has 0 radical (unpaired) electrons. The van der Waals surface area contributed by atoms with Crippen LogP contribution in [0.2, 0.25) is 0 Å². The first-order valence-electron chi connectivity index (χ1n) is 8.92. The minimum atomic E-state index is -1.16. The molecule has 1 heterocycles. The van der Waals surface area contributed by atoms with E-state index < -0.39 is 36.3 Å². The Morgan fingerprint density at radius 1 is 1.07 bits per heavy atom. The molecule has 1 atom stereocenters. The van der Waals surface area contributed by atoms with Crippen molar-refractivity contribution < 1.29 is 33.4 Å².